The molecule has 0 spiro atoms. The number of benzene rings is 1. The number of esters is 1. The van der Waals surface area contributed by atoms with Gasteiger partial charge in [0.25, 0.3) is 11.5 Å². The third-order valence-electron chi connectivity index (χ3n) is 7.31. The molecule has 1 aliphatic heterocycles. The minimum atomic E-state index is -5.02. The molecular weight excluding hydrogens is 642 g/mol. The van der Waals surface area contributed by atoms with Gasteiger partial charge in [0, 0.05) is 43.3 Å². The molecule has 0 saturated carbocycles. The molecule has 0 unspecified atom stereocenters. The van der Waals surface area contributed by atoms with Crippen LogP contribution >= 0.6 is 0 Å². The molecule has 1 fully saturated rings. The van der Waals surface area contributed by atoms with Crippen LogP contribution in [0.1, 0.15) is 60.1 Å². The molecule has 16 heteroatoms. The van der Waals surface area contributed by atoms with E-state index in [0.717, 1.165) is 18.2 Å². The summed E-state index contributed by atoms with van der Waals surface area (Å²) in [6.45, 7) is 5.13. The van der Waals surface area contributed by atoms with Gasteiger partial charge in [-0.05, 0) is 57.4 Å². The Hall–Kier alpha value is -5.28. The molecule has 2 aromatic heterocycles. The minimum absolute atomic E-state index is 0.0161. The van der Waals surface area contributed by atoms with Crippen molar-refractivity contribution < 1.29 is 46.0 Å². The number of halogens is 4. The predicted molar refractivity (Wildman–Crippen MR) is 162 cm³/mol. The number of alkyl halides is 3. The van der Waals surface area contributed by atoms with Gasteiger partial charge in [0.15, 0.2) is 5.69 Å². The maximum atomic E-state index is 14.1. The minimum Gasteiger partial charge on any atom is -0.460 e. The number of carbonyl (C=O) groups is 4. The van der Waals surface area contributed by atoms with Crippen molar-refractivity contribution in [3.63, 3.8) is 0 Å². The van der Waals surface area contributed by atoms with Crippen molar-refractivity contribution in [2.75, 3.05) is 11.9 Å². The molecule has 1 aliphatic rings. The number of nitrogens with zero attached hydrogens (tertiary/aromatic N) is 2. The zero-order valence-electron chi connectivity index (χ0n) is 26.1. The fourth-order valence-electron chi connectivity index (χ4n) is 5.01. The number of nitrogens with one attached hydrogen (secondary N) is 3. The number of rotatable bonds is 12. The highest BCUT2D eigenvalue weighted by atomic mass is 19.4. The summed E-state index contributed by atoms with van der Waals surface area (Å²) >= 11 is 0. The van der Waals surface area contributed by atoms with Crippen LogP contribution < -0.4 is 21.5 Å². The largest absolute Gasteiger partial charge is 0.460 e. The number of hydrogen-bond acceptors (Lipinski definition) is 8. The first-order valence-corrected chi connectivity index (χ1v) is 14.9. The molecule has 48 heavy (non-hydrogen) atoms. The van der Waals surface area contributed by atoms with Gasteiger partial charge in [-0.3, -0.25) is 19.2 Å². The van der Waals surface area contributed by atoms with Gasteiger partial charge in [-0.1, -0.05) is 23.4 Å². The number of aromatic nitrogens is 2. The number of amides is 3. The van der Waals surface area contributed by atoms with Crippen LogP contribution in [0.5, 0.6) is 0 Å². The van der Waals surface area contributed by atoms with Crippen LogP contribution in [0.15, 0.2) is 64.1 Å². The van der Waals surface area contributed by atoms with Gasteiger partial charge in [-0.15, -0.1) is 0 Å². The number of hydrogen-bond donors (Lipinski definition) is 3. The van der Waals surface area contributed by atoms with Crippen LogP contribution in [0.2, 0.25) is 0 Å². The summed E-state index contributed by atoms with van der Waals surface area (Å²) in [5.74, 6) is -3.97. The van der Waals surface area contributed by atoms with Gasteiger partial charge in [0.1, 0.15) is 23.3 Å². The molecule has 3 aromatic rings. The Morgan fingerprint density at radius 3 is 2.46 bits per heavy atom. The van der Waals surface area contributed by atoms with Crippen molar-refractivity contribution in [1.29, 1.82) is 0 Å². The van der Waals surface area contributed by atoms with E-state index >= 15 is 0 Å². The zero-order valence-corrected chi connectivity index (χ0v) is 26.1. The molecule has 0 radical (unpaired) electrons. The summed E-state index contributed by atoms with van der Waals surface area (Å²) in [7, 11) is 0. The highest BCUT2D eigenvalue weighted by molar-refractivity contribution is 6.02. The SMILES string of the molecule is Cc1cc(C(=O)Nc2cc(C(F)(F)F)cn([C@@H](Cc3ccc(F)cc3)C(=O)N[C@H](/C=C/C(=O)OC(C)C)C[C@@H]3CCNC3=O)c2=O)no1. The number of pyridine rings is 1. The molecule has 3 N–H and O–H groups in total. The Morgan fingerprint density at radius 1 is 1.17 bits per heavy atom. The molecule has 1 saturated heterocycles. The van der Waals surface area contributed by atoms with Crippen molar-refractivity contribution in [3.05, 3.63) is 93.5 Å². The van der Waals surface area contributed by atoms with E-state index in [0.29, 0.717) is 29.8 Å². The Kier molecular flexibility index (Phi) is 11.2. The van der Waals surface area contributed by atoms with Crippen LogP contribution in [-0.4, -0.2) is 52.1 Å². The molecule has 3 amide bonds. The average Bonchev–Trinajstić information content (AvgIpc) is 3.63. The normalized spacial score (nSPS) is 16.1. The Bertz CT molecular complexity index is 1750. The second-order valence-corrected chi connectivity index (χ2v) is 11.4. The van der Waals surface area contributed by atoms with Gasteiger partial charge in [0.2, 0.25) is 11.8 Å². The van der Waals surface area contributed by atoms with Crippen LogP contribution in [-0.2, 0) is 31.7 Å². The van der Waals surface area contributed by atoms with Crippen molar-refractivity contribution in [3.8, 4) is 0 Å². The van der Waals surface area contributed by atoms with E-state index in [1.54, 1.807) is 13.8 Å². The monoisotopic (exact) mass is 675 g/mol. The smallest absolute Gasteiger partial charge is 0.417 e. The molecule has 256 valence electrons. The Morgan fingerprint density at radius 2 is 1.88 bits per heavy atom. The summed E-state index contributed by atoms with van der Waals surface area (Å²) in [5, 5.41) is 10.9. The van der Waals surface area contributed by atoms with E-state index in [4.69, 9.17) is 9.26 Å². The topological polar surface area (TPSA) is 162 Å². The van der Waals surface area contributed by atoms with Gasteiger partial charge in [-0.2, -0.15) is 13.2 Å². The van der Waals surface area contributed by atoms with Crippen molar-refractivity contribution in [1.82, 2.24) is 20.4 Å². The van der Waals surface area contributed by atoms with E-state index in [1.807, 2.05) is 0 Å². The third-order valence-corrected chi connectivity index (χ3v) is 7.31. The summed E-state index contributed by atoms with van der Waals surface area (Å²) in [6, 6.07) is 3.70. The molecule has 0 bridgehead atoms. The Labute approximate surface area is 271 Å². The zero-order chi connectivity index (χ0) is 35.2. The van der Waals surface area contributed by atoms with Gasteiger partial charge >= 0.3 is 12.1 Å². The lowest BCUT2D eigenvalue weighted by Crippen LogP contribution is -2.44. The second kappa shape index (κ2) is 15.1. The van der Waals surface area contributed by atoms with E-state index < -0.39 is 70.7 Å². The molecule has 3 heterocycles. The lowest BCUT2D eigenvalue weighted by atomic mass is 9.97. The number of anilines is 1. The van der Waals surface area contributed by atoms with E-state index in [9.17, 15) is 41.5 Å². The van der Waals surface area contributed by atoms with Crippen molar-refractivity contribution in [2.45, 2.75) is 64.4 Å². The fourth-order valence-corrected chi connectivity index (χ4v) is 5.01. The van der Waals surface area contributed by atoms with Crippen LogP contribution in [0.3, 0.4) is 0 Å². The molecule has 4 rings (SSSR count). The summed E-state index contributed by atoms with van der Waals surface area (Å²) < 4.78 is 66.6. The first-order valence-electron chi connectivity index (χ1n) is 14.9. The lowest BCUT2D eigenvalue weighted by Gasteiger charge is -2.25. The third kappa shape index (κ3) is 9.39. The summed E-state index contributed by atoms with van der Waals surface area (Å²) in [6.07, 6.45) is -2.62. The van der Waals surface area contributed by atoms with Crippen molar-refractivity contribution in [2.24, 2.45) is 5.92 Å². The average molecular weight is 676 g/mol. The number of ether oxygens (including phenoxy) is 1. The number of carbonyl (C=O) groups excluding carboxylic acids is 4. The highest BCUT2D eigenvalue weighted by Crippen LogP contribution is 2.31. The Balaban J connectivity index is 1.77. The highest BCUT2D eigenvalue weighted by Gasteiger charge is 2.35. The second-order valence-electron chi connectivity index (χ2n) is 11.4. The van der Waals surface area contributed by atoms with Crippen LogP contribution in [0.4, 0.5) is 23.2 Å². The van der Waals surface area contributed by atoms with Gasteiger partial charge in [-0.25, -0.2) is 9.18 Å². The molecule has 0 aliphatic carbocycles. The maximum absolute atomic E-state index is 14.1. The molecule has 1 aromatic carbocycles. The van der Waals surface area contributed by atoms with E-state index in [1.165, 1.54) is 31.2 Å². The molecule has 3 atom stereocenters. The maximum Gasteiger partial charge on any atom is 0.417 e. The standard InChI is InChI=1S/C32H33F4N5O7/c1-17(2)47-27(42)9-8-23(14-20-10-11-37-28(20)43)38-30(45)26(13-19-4-6-22(33)7-5-19)41-16-21(32(34,35)36)15-25(31(41)46)39-29(44)24-12-18(3)48-40-24/h4-9,12,15-17,20,23,26H,10-11,13-14H2,1-3H3,(H,37,43)(H,38,45)(H,39,44)/b9-8+/t20-,23+,26-/m0/s1. The summed E-state index contributed by atoms with van der Waals surface area (Å²) in [4.78, 5) is 65.0. The predicted octanol–water partition coefficient (Wildman–Crippen LogP) is 3.86. The van der Waals surface area contributed by atoms with E-state index in [-0.39, 0.29) is 35.8 Å². The number of aryl methyl sites for hydroxylation is 1. The first kappa shape index (κ1) is 35.6. The lowest BCUT2D eigenvalue weighted by molar-refractivity contribution is -0.141. The fraction of sp³-hybridized carbons (Fsp3) is 0.375. The summed E-state index contributed by atoms with van der Waals surface area (Å²) in [5.41, 5.74) is -3.35. The van der Waals surface area contributed by atoms with Gasteiger partial charge < -0.3 is 29.8 Å². The quantitative estimate of drug-likeness (QED) is 0.148. The van der Waals surface area contributed by atoms with Gasteiger partial charge in [0.05, 0.1) is 11.7 Å². The molecular formula is C32H33F4N5O7. The van der Waals surface area contributed by atoms with Crippen molar-refractivity contribution >= 4 is 29.4 Å². The van der Waals surface area contributed by atoms with Crippen LogP contribution in [0, 0.1) is 18.7 Å². The first-order chi connectivity index (χ1) is 22.6. The van der Waals surface area contributed by atoms with E-state index in [2.05, 4.69) is 21.1 Å². The molecule has 12 nitrogen and oxygen atoms in total. The van der Waals surface area contributed by atoms with Crippen LogP contribution in [0.25, 0.3) is 0 Å².